The van der Waals surface area contributed by atoms with Gasteiger partial charge in [0, 0.05) is 24.6 Å². The molecule has 4 aromatic rings. The summed E-state index contributed by atoms with van der Waals surface area (Å²) in [7, 11) is 2.10. The summed E-state index contributed by atoms with van der Waals surface area (Å²) in [5, 5.41) is 13.6. The van der Waals surface area contributed by atoms with Gasteiger partial charge in [0.15, 0.2) is 5.65 Å². The number of carbonyl (C=O) groups is 2. The first kappa shape index (κ1) is 29.6. The van der Waals surface area contributed by atoms with Gasteiger partial charge in [-0.2, -0.15) is 5.10 Å². The van der Waals surface area contributed by atoms with E-state index in [1.54, 1.807) is 10.7 Å². The second-order valence-corrected chi connectivity index (χ2v) is 11.5. The number of aromatic nitrogens is 4. The van der Waals surface area contributed by atoms with Crippen molar-refractivity contribution in [3.8, 4) is 0 Å². The molecule has 6 rings (SSSR count). The maximum absolute atomic E-state index is 13.3. The van der Waals surface area contributed by atoms with Gasteiger partial charge in [-0.25, -0.2) is 19.4 Å². The number of piperidine rings is 1. The van der Waals surface area contributed by atoms with Crippen LogP contribution in [0.1, 0.15) is 43.6 Å². The van der Waals surface area contributed by atoms with Crippen molar-refractivity contribution in [1.29, 1.82) is 0 Å². The topological polar surface area (TPSA) is 161 Å². The molecule has 0 saturated carbocycles. The van der Waals surface area contributed by atoms with Crippen LogP contribution in [0, 0.1) is 9.62 Å². The number of likely N-dealkylation sites (tertiary alicyclic amines) is 1. The number of carbonyl (C=O) groups excluding carboxylic acids is 1. The standard InChI is InChI=1S/C28H30IN7O3.CH2O2/c1-16(36-26-22(24(29)33-36)25(30)31-15-32-26)23-21(19-5-3-4-6-20(19)28(38)39-23)17-9-13-35(14-10-17)27(37)18-7-11-34(2)12-8-18;2-1-3/h3-6,9,15-16,18H,7-8,10-14H2,1-2H3,(H2,30,31,32);1H,(H,2,3). The lowest BCUT2D eigenvalue weighted by atomic mass is 9.91. The number of hydrogen-bond acceptors (Lipinski definition) is 9. The average Bonchev–Trinajstić information content (AvgIpc) is 3.34. The molecule has 1 saturated heterocycles. The van der Waals surface area contributed by atoms with Crippen LogP contribution in [-0.2, 0) is 9.59 Å². The Morgan fingerprint density at radius 3 is 2.55 bits per heavy atom. The molecular weight excluding hydrogens is 653 g/mol. The molecule has 1 fully saturated rings. The van der Waals surface area contributed by atoms with Crippen molar-refractivity contribution in [3.05, 3.63) is 62.1 Å². The van der Waals surface area contributed by atoms with Gasteiger partial charge in [0.2, 0.25) is 5.91 Å². The Morgan fingerprint density at radius 2 is 1.88 bits per heavy atom. The number of benzene rings is 1. The Bertz CT molecular complexity index is 1720. The van der Waals surface area contributed by atoms with Crippen LogP contribution >= 0.6 is 22.6 Å². The van der Waals surface area contributed by atoms with Gasteiger partial charge in [-0.05, 0) is 85.9 Å². The van der Waals surface area contributed by atoms with Crippen LogP contribution in [-0.4, -0.2) is 80.3 Å². The second kappa shape index (κ2) is 12.6. The number of anilines is 1. The monoisotopic (exact) mass is 685 g/mol. The predicted octanol–water partition coefficient (Wildman–Crippen LogP) is 3.39. The van der Waals surface area contributed by atoms with Crippen LogP contribution in [0.2, 0.25) is 0 Å². The maximum atomic E-state index is 13.3. The molecule has 2 aliphatic rings. The van der Waals surface area contributed by atoms with Crippen molar-refractivity contribution in [1.82, 2.24) is 29.5 Å². The van der Waals surface area contributed by atoms with Crippen LogP contribution in [0.15, 0.2) is 45.9 Å². The van der Waals surface area contributed by atoms with Crippen LogP contribution in [0.4, 0.5) is 5.82 Å². The normalized spacial score (nSPS) is 17.0. The van der Waals surface area contributed by atoms with Crippen molar-refractivity contribution in [2.24, 2.45) is 5.92 Å². The zero-order valence-electron chi connectivity index (χ0n) is 23.4. The van der Waals surface area contributed by atoms with Crippen LogP contribution in [0.25, 0.3) is 27.4 Å². The number of carboxylic acid groups (broad SMARTS) is 1. The summed E-state index contributed by atoms with van der Waals surface area (Å²) in [4.78, 5) is 47.5. The molecule has 1 atom stereocenters. The smallest absolute Gasteiger partial charge is 0.343 e. The zero-order valence-corrected chi connectivity index (χ0v) is 25.5. The van der Waals surface area contributed by atoms with Crippen LogP contribution in [0.5, 0.6) is 0 Å². The summed E-state index contributed by atoms with van der Waals surface area (Å²) >= 11 is 2.12. The predicted molar refractivity (Wildman–Crippen MR) is 167 cm³/mol. The van der Waals surface area contributed by atoms with Gasteiger partial charge in [0.1, 0.15) is 27.6 Å². The first-order chi connectivity index (χ1) is 20.2. The fourth-order valence-electron chi connectivity index (χ4n) is 5.79. The molecule has 1 unspecified atom stereocenters. The Morgan fingerprint density at radius 1 is 1.19 bits per heavy atom. The highest BCUT2D eigenvalue weighted by Crippen LogP contribution is 2.37. The Kier molecular flexibility index (Phi) is 8.87. The van der Waals surface area contributed by atoms with Gasteiger partial charge in [-0.1, -0.05) is 24.3 Å². The SMILES string of the molecule is CC(c1oc(=O)c2ccccc2c1C1=CCN(C(=O)C2CCN(C)CC2)CC1)n1nc(I)c2c(N)ncnc21.O=CO. The van der Waals surface area contributed by atoms with Crippen LogP contribution in [0.3, 0.4) is 0 Å². The van der Waals surface area contributed by atoms with E-state index in [-0.39, 0.29) is 18.3 Å². The Hall–Kier alpha value is -3.85. The number of fused-ring (bicyclic) bond motifs is 2. The van der Waals surface area contributed by atoms with E-state index in [0.717, 1.165) is 42.5 Å². The van der Waals surface area contributed by atoms with E-state index >= 15 is 0 Å². The molecule has 1 amide bonds. The maximum Gasteiger partial charge on any atom is 0.343 e. The first-order valence-electron chi connectivity index (χ1n) is 13.7. The van der Waals surface area contributed by atoms with Gasteiger partial charge in [0.05, 0.1) is 10.8 Å². The van der Waals surface area contributed by atoms with Gasteiger partial charge < -0.3 is 25.1 Å². The molecule has 0 bridgehead atoms. The summed E-state index contributed by atoms with van der Waals surface area (Å²) in [6, 6.07) is 7.07. The minimum absolute atomic E-state index is 0.0901. The fourth-order valence-corrected chi connectivity index (χ4v) is 6.54. The van der Waals surface area contributed by atoms with Crippen molar-refractivity contribution in [2.75, 3.05) is 39.0 Å². The molecule has 42 heavy (non-hydrogen) atoms. The molecule has 0 spiro atoms. The molecule has 3 aromatic heterocycles. The van der Waals surface area contributed by atoms with Gasteiger partial charge >= 0.3 is 5.63 Å². The third-order valence-corrected chi connectivity index (χ3v) is 8.75. The number of nitrogen functional groups attached to an aromatic ring is 1. The number of rotatable bonds is 4. The highest BCUT2D eigenvalue weighted by atomic mass is 127. The second-order valence-electron chi connectivity index (χ2n) is 10.5. The van der Waals surface area contributed by atoms with E-state index in [0.29, 0.717) is 51.2 Å². The third-order valence-electron chi connectivity index (χ3n) is 8.00. The number of halogens is 1. The molecule has 220 valence electrons. The zero-order chi connectivity index (χ0) is 30.0. The van der Waals surface area contributed by atoms with E-state index in [2.05, 4.69) is 50.6 Å². The van der Waals surface area contributed by atoms with Crippen molar-refractivity contribution in [3.63, 3.8) is 0 Å². The first-order valence-corrected chi connectivity index (χ1v) is 14.8. The summed E-state index contributed by atoms with van der Waals surface area (Å²) in [6.45, 7) is 4.77. The quantitative estimate of drug-likeness (QED) is 0.241. The number of hydrogen-bond donors (Lipinski definition) is 2. The summed E-state index contributed by atoms with van der Waals surface area (Å²) in [6.07, 6.45) is 6.00. The minimum atomic E-state index is -0.447. The van der Waals surface area contributed by atoms with E-state index in [4.69, 9.17) is 25.2 Å². The van der Waals surface area contributed by atoms with Crippen molar-refractivity contribution < 1.29 is 19.1 Å². The molecule has 0 aliphatic carbocycles. The van der Waals surface area contributed by atoms with E-state index in [1.807, 2.05) is 30.0 Å². The van der Waals surface area contributed by atoms with Crippen LogP contribution < -0.4 is 11.4 Å². The average molecular weight is 686 g/mol. The highest BCUT2D eigenvalue weighted by molar-refractivity contribution is 14.1. The lowest BCUT2D eigenvalue weighted by Crippen LogP contribution is -2.43. The summed E-state index contributed by atoms with van der Waals surface area (Å²) < 4.78 is 8.46. The third kappa shape index (κ3) is 5.62. The largest absolute Gasteiger partial charge is 0.483 e. The fraction of sp³-hybridized carbons (Fsp3) is 0.379. The molecule has 2 aliphatic heterocycles. The number of nitrogens with zero attached hydrogens (tertiary/aromatic N) is 6. The lowest BCUT2D eigenvalue weighted by molar-refractivity contribution is -0.136. The molecule has 5 heterocycles. The lowest BCUT2D eigenvalue weighted by Gasteiger charge is -2.34. The summed E-state index contributed by atoms with van der Waals surface area (Å²) in [5.41, 5.74) is 8.25. The van der Waals surface area contributed by atoms with Gasteiger partial charge in [-0.3, -0.25) is 9.59 Å². The molecule has 1 aromatic carbocycles. The minimum Gasteiger partial charge on any atom is -0.483 e. The molecule has 3 N–H and O–H groups in total. The Balaban J connectivity index is 0.00000113. The van der Waals surface area contributed by atoms with E-state index in [1.165, 1.54) is 6.33 Å². The molecular formula is C29H32IN7O5. The van der Waals surface area contributed by atoms with Crippen molar-refractivity contribution >= 4 is 68.2 Å². The number of nitrogens with two attached hydrogens (primary N) is 1. The van der Waals surface area contributed by atoms with E-state index in [9.17, 15) is 9.59 Å². The molecule has 0 radical (unpaired) electrons. The van der Waals surface area contributed by atoms with Gasteiger partial charge in [0.25, 0.3) is 6.47 Å². The van der Waals surface area contributed by atoms with Crippen molar-refractivity contribution in [2.45, 2.75) is 32.2 Å². The molecule has 12 nitrogen and oxygen atoms in total. The molecule has 13 heteroatoms. The Labute approximate surface area is 255 Å². The van der Waals surface area contributed by atoms with E-state index < -0.39 is 11.7 Å². The number of amides is 1. The summed E-state index contributed by atoms with van der Waals surface area (Å²) in [5.74, 6) is 1.20. The highest BCUT2D eigenvalue weighted by Gasteiger charge is 2.31. The van der Waals surface area contributed by atoms with Gasteiger partial charge in [-0.15, -0.1) is 0 Å².